The quantitative estimate of drug-likeness (QED) is 0.842. The van der Waals surface area contributed by atoms with Gasteiger partial charge in [-0.05, 0) is 25.7 Å². The maximum Gasteiger partial charge on any atom is 0.233 e. The Hall–Kier alpha value is -0.800. The highest BCUT2D eigenvalue weighted by molar-refractivity contribution is 8.04. The normalized spacial score (nSPS) is 26.1. The van der Waals surface area contributed by atoms with Gasteiger partial charge in [0.1, 0.15) is 0 Å². The molecule has 9 heteroatoms. The lowest BCUT2D eigenvalue weighted by atomic mass is 10.2. The highest BCUT2D eigenvalue weighted by Crippen LogP contribution is 2.36. The zero-order valence-corrected chi connectivity index (χ0v) is 15.2. The first-order valence-electron chi connectivity index (χ1n) is 7.94. The molecule has 2 amide bonds. The second-order valence-electron chi connectivity index (χ2n) is 5.62. The number of hydrogen-bond acceptors (Lipinski definition) is 7. The van der Waals surface area contributed by atoms with Gasteiger partial charge in [-0.1, -0.05) is 47.7 Å². The Labute approximate surface area is 148 Å². The van der Waals surface area contributed by atoms with Gasteiger partial charge in [0.25, 0.3) is 0 Å². The van der Waals surface area contributed by atoms with Gasteiger partial charge >= 0.3 is 0 Å². The molecule has 2 aliphatic heterocycles. The second kappa shape index (κ2) is 8.34. The van der Waals surface area contributed by atoms with Crippen molar-refractivity contribution in [2.75, 3.05) is 13.1 Å². The molecule has 6 nitrogen and oxygen atoms in total. The van der Waals surface area contributed by atoms with Crippen molar-refractivity contribution in [1.29, 1.82) is 0 Å². The average Bonchev–Trinajstić information content (AvgIpc) is 2.74. The molecule has 0 bridgehead atoms. The van der Waals surface area contributed by atoms with Crippen LogP contribution in [0.25, 0.3) is 0 Å². The van der Waals surface area contributed by atoms with E-state index in [2.05, 4.69) is 20.8 Å². The van der Waals surface area contributed by atoms with E-state index in [0.717, 1.165) is 60.3 Å². The Morgan fingerprint density at radius 3 is 1.78 bits per heavy atom. The Balaban J connectivity index is 1.59. The molecule has 0 aromatic carbocycles. The monoisotopic (exact) mass is 372 g/mol. The fourth-order valence-corrected chi connectivity index (χ4v) is 6.22. The Morgan fingerprint density at radius 2 is 1.30 bits per heavy atom. The number of nitrogens with zero attached hydrogens (tertiary/aromatic N) is 2. The first-order valence-corrected chi connectivity index (χ1v) is 10.5. The van der Waals surface area contributed by atoms with E-state index in [9.17, 15) is 9.59 Å². The van der Waals surface area contributed by atoms with Gasteiger partial charge in [-0.2, -0.15) is 0 Å². The second-order valence-corrected chi connectivity index (χ2v) is 9.50. The number of carbonyl (C=O) groups excluding carboxylic acids is 2. The van der Waals surface area contributed by atoms with Crippen molar-refractivity contribution in [2.45, 2.75) is 57.7 Å². The third-order valence-corrected chi connectivity index (χ3v) is 7.47. The van der Waals surface area contributed by atoms with Gasteiger partial charge in [0.05, 0.1) is 10.5 Å². The summed E-state index contributed by atoms with van der Waals surface area (Å²) >= 11 is 4.47. The highest BCUT2D eigenvalue weighted by atomic mass is 32.2. The van der Waals surface area contributed by atoms with Gasteiger partial charge in [0, 0.05) is 13.1 Å². The number of amides is 2. The molecule has 2 fully saturated rings. The van der Waals surface area contributed by atoms with Crippen molar-refractivity contribution in [3.05, 3.63) is 0 Å². The van der Waals surface area contributed by atoms with Gasteiger partial charge in [0.2, 0.25) is 11.8 Å². The summed E-state index contributed by atoms with van der Waals surface area (Å²) in [7, 11) is 0. The summed E-state index contributed by atoms with van der Waals surface area (Å²) in [5, 5.41) is 14.1. The SMILES string of the molecule is O=C1NCCCCC1Sc1nnc(SC2CCCCNC2=O)s1. The van der Waals surface area contributed by atoms with Crippen LogP contribution in [0.4, 0.5) is 0 Å². The van der Waals surface area contributed by atoms with E-state index in [1.54, 1.807) is 0 Å². The lowest BCUT2D eigenvalue weighted by Crippen LogP contribution is -2.30. The minimum Gasteiger partial charge on any atom is -0.355 e. The van der Waals surface area contributed by atoms with E-state index in [0.29, 0.717) is 0 Å². The number of thioether (sulfide) groups is 2. The molecule has 3 rings (SSSR count). The maximum atomic E-state index is 12.0. The van der Waals surface area contributed by atoms with Crippen LogP contribution < -0.4 is 10.6 Å². The molecule has 2 N–H and O–H groups in total. The van der Waals surface area contributed by atoms with Crippen LogP contribution in [-0.4, -0.2) is 45.6 Å². The van der Waals surface area contributed by atoms with Crippen LogP contribution in [-0.2, 0) is 9.59 Å². The Morgan fingerprint density at radius 1 is 0.826 bits per heavy atom. The summed E-state index contributed by atoms with van der Waals surface area (Å²) in [5.41, 5.74) is 0. The van der Waals surface area contributed by atoms with Gasteiger partial charge in [0.15, 0.2) is 8.68 Å². The number of hydrogen-bond donors (Lipinski definition) is 2. The van der Waals surface area contributed by atoms with Crippen LogP contribution in [0.2, 0.25) is 0 Å². The fourth-order valence-electron chi connectivity index (χ4n) is 2.58. The number of aromatic nitrogens is 2. The largest absolute Gasteiger partial charge is 0.355 e. The number of rotatable bonds is 4. The maximum absolute atomic E-state index is 12.0. The molecule has 2 unspecified atom stereocenters. The van der Waals surface area contributed by atoms with Crippen LogP contribution in [0.5, 0.6) is 0 Å². The molecule has 2 atom stereocenters. The van der Waals surface area contributed by atoms with Crippen molar-refractivity contribution in [3.63, 3.8) is 0 Å². The smallest absolute Gasteiger partial charge is 0.233 e. The minimum atomic E-state index is -0.0792. The van der Waals surface area contributed by atoms with Crippen LogP contribution >= 0.6 is 34.9 Å². The van der Waals surface area contributed by atoms with E-state index in [4.69, 9.17) is 0 Å². The van der Waals surface area contributed by atoms with Crippen molar-refractivity contribution in [3.8, 4) is 0 Å². The van der Waals surface area contributed by atoms with Crippen molar-refractivity contribution in [1.82, 2.24) is 20.8 Å². The van der Waals surface area contributed by atoms with Gasteiger partial charge < -0.3 is 10.6 Å². The van der Waals surface area contributed by atoms with Crippen molar-refractivity contribution < 1.29 is 9.59 Å². The first kappa shape index (κ1) is 17.0. The number of carbonyl (C=O) groups is 2. The Kier molecular flexibility index (Phi) is 6.18. The third kappa shape index (κ3) is 4.84. The summed E-state index contributed by atoms with van der Waals surface area (Å²) in [4.78, 5) is 24.0. The van der Waals surface area contributed by atoms with E-state index in [1.807, 2.05) is 0 Å². The van der Waals surface area contributed by atoms with Crippen LogP contribution in [0, 0.1) is 0 Å². The zero-order chi connectivity index (χ0) is 16.1. The molecule has 23 heavy (non-hydrogen) atoms. The number of nitrogens with one attached hydrogen (secondary N) is 2. The molecule has 0 radical (unpaired) electrons. The highest BCUT2D eigenvalue weighted by Gasteiger charge is 2.26. The molecule has 2 saturated heterocycles. The summed E-state index contributed by atoms with van der Waals surface area (Å²) in [6.07, 6.45) is 5.94. The summed E-state index contributed by atoms with van der Waals surface area (Å²) in [6, 6.07) is 0. The fraction of sp³-hybridized carbons (Fsp3) is 0.714. The molecule has 0 saturated carbocycles. The van der Waals surface area contributed by atoms with Gasteiger partial charge in [-0.15, -0.1) is 10.2 Å². The van der Waals surface area contributed by atoms with Crippen molar-refractivity contribution >= 4 is 46.7 Å². The molecule has 0 spiro atoms. The summed E-state index contributed by atoms with van der Waals surface area (Å²) in [6.45, 7) is 1.54. The summed E-state index contributed by atoms with van der Waals surface area (Å²) in [5.74, 6) is 0.195. The van der Waals surface area contributed by atoms with E-state index < -0.39 is 0 Å². The van der Waals surface area contributed by atoms with Crippen LogP contribution in [0.1, 0.15) is 38.5 Å². The van der Waals surface area contributed by atoms with E-state index in [-0.39, 0.29) is 22.3 Å². The molecule has 126 valence electrons. The zero-order valence-electron chi connectivity index (χ0n) is 12.7. The minimum absolute atomic E-state index is 0.0792. The molecule has 0 aliphatic carbocycles. The molecule has 2 aliphatic rings. The standard InChI is InChI=1S/C14H20N4O2S3/c19-11-9(5-1-3-7-15-11)21-13-17-18-14(23-13)22-10-6-2-4-8-16-12(10)20/h9-10H,1-8H2,(H,15,19)(H,16,20). The molecule has 1 aromatic rings. The van der Waals surface area contributed by atoms with Crippen molar-refractivity contribution in [2.24, 2.45) is 0 Å². The van der Waals surface area contributed by atoms with E-state index in [1.165, 1.54) is 34.9 Å². The molecular weight excluding hydrogens is 352 g/mol. The van der Waals surface area contributed by atoms with Crippen LogP contribution in [0.15, 0.2) is 8.68 Å². The summed E-state index contributed by atoms with van der Waals surface area (Å²) < 4.78 is 1.62. The van der Waals surface area contributed by atoms with Crippen LogP contribution in [0.3, 0.4) is 0 Å². The van der Waals surface area contributed by atoms with Gasteiger partial charge in [-0.25, -0.2) is 0 Å². The Bertz CT molecular complexity index is 519. The van der Waals surface area contributed by atoms with Gasteiger partial charge in [-0.3, -0.25) is 9.59 Å². The van der Waals surface area contributed by atoms with E-state index >= 15 is 0 Å². The average molecular weight is 373 g/mol. The first-order chi connectivity index (χ1) is 11.2. The predicted molar refractivity (Wildman–Crippen MR) is 92.9 cm³/mol. The predicted octanol–water partition coefficient (Wildman–Crippen LogP) is 2.06. The lowest BCUT2D eigenvalue weighted by Gasteiger charge is -2.10. The third-order valence-electron chi connectivity index (χ3n) is 3.84. The molecule has 3 heterocycles. The molecule has 1 aromatic heterocycles. The lowest BCUT2D eigenvalue weighted by molar-refractivity contribution is -0.121. The topological polar surface area (TPSA) is 84.0 Å². The molecular formula is C14H20N4O2S3.